The lowest BCUT2D eigenvalue weighted by Crippen LogP contribution is -2.48. The van der Waals surface area contributed by atoms with E-state index in [4.69, 9.17) is 4.74 Å². The molecule has 2 saturated heterocycles. The van der Waals surface area contributed by atoms with Gasteiger partial charge in [0.25, 0.3) is 0 Å². The van der Waals surface area contributed by atoms with Gasteiger partial charge in [0.15, 0.2) is 0 Å². The van der Waals surface area contributed by atoms with Crippen LogP contribution in [0.15, 0.2) is 4.90 Å². The molecule has 8 heteroatoms. The number of rotatable bonds is 4. The van der Waals surface area contributed by atoms with Crippen molar-refractivity contribution in [1.82, 2.24) is 19.8 Å². The molecular formula is C15H26N4O3S. The monoisotopic (exact) mass is 342 g/mol. The number of H-pyrrole nitrogens is 1. The minimum absolute atomic E-state index is 0.0757. The number of aromatic amines is 1. The SMILES string of the molecule is Cc1n[nH]c(C)c1S(=O)(=O)N[C@H]1C[C@H]2CO[C@@H](C(C)C)CN2C1. The fourth-order valence-corrected chi connectivity index (χ4v) is 5.21. The molecule has 7 nitrogen and oxygen atoms in total. The van der Waals surface area contributed by atoms with Crippen molar-refractivity contribution >= 4 is 10.0 Å². The van der Waals surface area contributed by atoms with Crippen molar-refractivity contribution in [3.05, 3.63) is 11.4 Å². The van der Waals surface area contributed by atoms with Gasteiger partial charge in [-0.25, -0.2) is 13.1 Å². The van der Waals surface area contributed by atoms with Gasteiger partial charge in [0.1, 0.15) is 4.90 Å². The number of hydrogen-bond donors (Lipinski definition) is 2. The van der Waals surface area contributed by atoms with Crippen molar-refractivity contribution in [1.29, 1.82) is 0 Å². The summed E-state index contributed by atoms with van der Waals surface area (Å²) in [5.41, 5.74) is 1.09. The van der Waals surface area contributed by atoms with E-state index in [2.05, 4.69) is 33.7 Å². The van der Waals surface area contributed by atoms with Crippen LogP contribution in [0, 0.1) is 19.8 Å². The fourth-order valence-electron chi connectivity index (χ4n) is 3.60. The summed E-state index contributed by atoms with van der Waals surface area (Å²) in [7, 11) is -3.55. The summed E-state index contributed by atoms with van der Waals surface area (Å²) in [5, 5.41) is 6.72. The predicted octanol–water partition coefficient (Wildman–Crippen LogP) is 0.803. The van der Waals surface area contributed by atoms with Crippen molar-refractivity contribution < 1.29 is 13.2 Å². The zero-order valence-electron chi connectivity index (χ0n) is 14.2. The first-order valence-electron chi connectivity index (χ1n) is 8.17. The second-order valence-corrected chi connectivity index (χ2v) is 8.69. The summed E-state index contributed by atoms with van der Waals surface area (Å²) in [4.78, 5) is 2.63. The van der Waals surface area contributed by atoms with E-state index >= 15 is 0 Å². The number of sulfonamides is 1. The van der Waals surface area contributed by atoms with E-state index in [1.54, 1.807) is 13.8 Å². The number of morpholine rings is 1. The molecule has 0 bridgehead atoms. The second-order valence-electron chi connectivity index (χ2n) is 7.04. The molecule has 0 unspecified atom stereocenters. The van der Waals surface area contributed by atoms with E-state index in [9.17, 15) is 8.42 Å². The molecule has 3 rings (SSSR count). The summed E-state index contributed by atoms with van der Waals surface area (Å²) in [6.45, 7) is 10.1. The molecular weight excluding hydrogens is 316 g/mol. The van der Waals surface area contributed by atoms with Crippen LogP contribution < -0.4 is 4.72 Å². The lowest BCUT2D eigenvalue weighted by Gasteiger charge is -2.36. The highest BCUT2D eigenvalue weighted by atomic mass is 32.2. The van der Waals surface area contributed by atoms with Crippen LogP contribution in [0.3, 0.4) is 0 Å². The van der Waals surface area contributed by atoms with Crippen LogP contribution in [0.4, 0.5) is 0 Å². The average Bonchev–Trinajstić information content (AvgIpc) is 2.99. The quantitative estimate of drug-likeness (QED) is 0.845. The molecule has 0 spiro atoms. The minimum atomic E-state index is -3.55. The van der Waals surface area contributed by atoms with Crippen LogP contribution in [0.25, 0.3) is 0 Å². The normalized spacial score (nSPS) is 29.2. The van der Waals surface area contributed by atoms with Gasteiger partial charge in [0, 0.05) is 25.2 Å². The van der Waals surface area contributed by atoms with Crippen molar-refractivity contribution in [2.24, 2.45) is 5.92 Å². The maximum absolute atomic E-state index is 12.6. The molecule has 0 aliphatic carbocycles. The van der Waals surface area contributed by atoms with Crippen molar-refractivity contribution in [2.75, 3.05) is 19.7 Å². The van der Waals surface area contributed by atoms with Crippen LogP contribution >= 0.6 is 0 Å². The van der Waals surface area contributed by atoms with Crippen LogP contribution in [0.2, 0.25) is 0 Å². The van der Waals surface area contributed by atoms with Crippen molar-refractivity contribution in [3.8, 4) is 0 Å². The average molecular weight is 342 g/mol. The Balaban J connectivity index is 1.69. The summed E-state index contributed by atoms with van der Waals surface area (Å²) in [6.07, 6.45) is 1.03. The zero-order chi connectivity index (χ0) is 16.8. The van der Waals surface area contributed by atoms with E-state index in [-0.39, 0.29) is 17.0 Å². The zero-order valence-corrected chi connectivity index (χ0v) is 15.0. The Kier molecular flexibility index (Phi) is 4.52. The molecule has 1 aromatic heterocycles. The highest BCUT2D eigenvalue weighted by Crippen LogP contribution is 2.27. The molecule has 0 aromatic carbocycles. The van der Waals surface area contributed by atoms with E-state index in [1.165, 1.54) is 0 Å². The number of aromatic nitrogens is 2. The highest BCUT2D eigenvalue weighted by Gasteiger charge is 2.40. The third-order valence-electron chi connectivity index (χ3n) is 4.84. The molecule has 2 aliphatic rings. The van der Waals surface area contributed by atoms with Crippen molar-refractivity contribution in [2.45, 2.75) is 57.2 Å². The number of ether oxygens (including phenoxy) is 1. The Morgan fingerprint density at radius 1 is 1.35 bits per heavy atom. The fraction of sp³-hybridized carbons (Fsp3) is 0.800. The van der Waals surface area contributed by atoms with E-state index in [0.717, 1.165) is 19.5 Å². The molecule has 2 fully saturated rings. The van der Waals surface area contributed by atoms with Crippen LogP contribution in [0.5, 0.6) is 0 Å². The van der Waals surface area contributed by atoms with Gasteiger partial charge in [-0.2, -0.15) is 5.10 Å². The first-order chi connectivity index (χ1) is 10.8. The van der Waals surface area contributed by atoms with Gasteiger partial charge >= 0.3 is 0 Å². The van der Waals surface area contributed by atoms with E-state index in [1.807, 2.05) is 0 Å². The molecule has 2 N–H and O–H groups in total. The first-order valence-corrected chi connectivity index (χ1v) is 9.65. The Labute approximate surface area is 137 Å². The van der Waals surface area contributed by atoms with Crippen LogP contribution in [-0.4, -0.2) is 61.4 Å². The molecule has 23 heavy (non-hydrogen) atoms. The number of fused-ring (bicyclic) bond motifs is 1. The number of nitrogens with zero attached hydrogens (tertiary/aromatic N) is 2. The molecule has 2 aliphatic heterocycles. The first kappa shape index (κ1) is 16.9. The largest absolute Gasteiger partial charge is 0.375 e. The van der Waals surface area contributed by atoms with Crippen molar-refractivity contribution in [3.63, 3.8) is 0 Å². The number of hydrogen-bond acceptors (Lipinski definition) is 5. The van der Waals surface area contributed by atoms with E-state index < -0.39 is 10.0 Å². The molecule has 3 heterocycles. The highest BCUT2D eigenvalue weighted by molar-refractivity contribution is 7.89. The topological polar surface area (TPSA) is 87.3 Å². The molecule has 130 valence electrons. The standard InChI is InChI=1S/C15H26N4O3S/c1-9(2)14-7-19-6-12(5-13(19)8-22-14)18-23(20,21)15-10(3)16-17-11(15)4/h9,12-14,18H,5-8H2,1-4H3,(H,16,17)/t12-,13-,14+/m0/s1. The maximum atomic E-state index is 12.6. The van der Waals surface area contributed by atoms with Crippen LogP contribution in [-0.2, 0) is 14.8 Å². The predicted molar refractivity (Wildman–Crippen MR) is 86.7 cm³/mol. The summed E-state index contributed by atoms with van der Waals surface area (Å²) in [6, 6.07) is 0.234. The van der Waals surface area contributed by atoms with Crippen LogP contribution in [0.1, 0.15) is 31.7 Å². The van der Waals surface area contributed by atoms with Gasteiger partial charge in [-0.15, -0.1) is 0 Å². The molecule has 3 atom stereocenters. The Morgan fingerprint density at radius 2 is 2.09 bits per heavy atom. The maximum Gasteiger partial charge on any atom is 0.244 e. The van der Waals surface area contributed by atoms with Gasteiger partial charge in [0.05, 0.1) is 24.1 Å². The van der Waals surface area contributed by atoms with Gasteiger partial charge in [-0.3, -0.25) is 10.00 Å². The Bertz CT molecular complexity index is 651. The molecule has 0 amide bonds. The van der Waals surface area contributed by atoms with Gasteiger partial charge < -0.3 is 4.74 Å². The summed E-state index contributed by atoms with van der Waals surface area (Å²) >= 11 is 0. The van der Waals surface area contributed by atoms with Gasteiger partial charge in [-0.05, 0) is 26.2 Å². The molecule has 1 aromatic rings. The molecule has 0 saturated carbocycles. The Morgan fingerprint density at radius 3 is 2.70 bits per heavy atom. The second kappa shape index (κ2) is 6.16. The number of nitrogens with one attached hydrogen (secondary N) is 2. The summed E-state index contributed by atoms with van der Waals surface area (Å²) < 4.78 is 34.1. The smallest absolute Gasteiger partial charge is 0.244 e. The number of aryl methyl sites for hydroxylation is 2. The third-order valence-corrected chi connectivity index (χ3v) is 6.62. The van der Waals surface area contributed by atoms with E-state index in [0.29, 0.717) is 30.0 Å². The Hall–Kier alpha value is -0.960. The molecule has 0 radical (unpaired) electrons. The lowest BCUT2D eigenvalue weighted by atomic mass is 10.0. The third kappa shape index (κ3) is 3.31. The van der Waals surface area contributed by atoms with Gasteiger partial charge in [0.2, 0.25) is 10.0 Å². The summed E-state index contributed by atoms with van der Waals surface area (Å²) in [5.74, 6) is 0.475. The van der Waals surface area contributed by atoms with Gasteiger partial charge in [-0.1, -0.05) is 13.8 Å². The minimum Gasteiger partial charge on any atom is -0.375 e. The lowest BCUT2D eigenvalue weighted by molar-refractivity contribution is -0.0683.